The minimum Gasteiger partial charge on any atom is -0.305 e. The monoisotopic (exact) mass is 211 g/mol. The molecule has 2 aromatic rings. The second kappa shape index (κ2) is 4.50. The van der Waals surface area contributed by atoms with Gasteiger partial charge in [-0.2, -0.15) is 0 Å². The summed E-state index contributed by atoms with van der Waals surface area (Å²) in [5.74, 6) is 0. The van der Waals surface area contributed by atoms with Gasteiger partial charge in [-0.15, -0.1) is 0 Å². The summed E-state index contributed by atoms with van der Waals surface area (Å²) in [5, 5.41) is 2.62. The van der Waals surface area contributed by atoms with Crippen LogP contribution in [0.15, 0.2) is 43.0 Å². The molecule has 0 bridgehead atoms. The van der Waals surface area contributed by atoms with E-state index in [1.807, 2.05) is 6.08 Å². The van der Waals surface area contributed by atoms with Crippen molar-refractivity contribution in [1.29, 1.82) is 0 Å². The number of hydrogen-bond acceptors (Lipinski definition) is 1. The second-order valence-electron chi connectivity index (χ2n) is 4.30. The average molecular weight is 211 g/mol. The van der Waals surface area contributed by atoms with Gasteiger partial charge in [0.05, 0.1) is 0 Å². The molecule has 0 spiro atoms. The molecule has 0 aliphatic rings. The molecule has 2 aromatic carbocycles. The van der Waals surface area contributed by atoms with Gasteiger partial charge >= 0.3 is 0 Å². The highest BCUT2D eigenvalue weighted by atomic mass is 15.0. The highest BCUT2D eigenvalue weighted by molar-refractivity contribution is 5.92. The molecule has 0 heterocycles. The molecule has 0 radical (unpaired) electrons. The highest BCUT2D eigenvalue weighted by Gasteiger charge is 2.03. The SMILES string of the molecule is C=Cc1cccc2c(CN(C)C)cccc12. The Bertz CT molecular complexity index is 512. The van der Waals surface area contributed by atoms with Crippen LogP contribution in [0.5, 0.6) is 0 Å². The molecule has 0 aliphatic carbocycles. The van der Waals surface area contributed by atoms with Gasteiger partial charge in [0.15, 0.2) is 0 Å². The summed E-state index contributed by atoms with van der Waals surface area (Å²) in [7, 11) is 4.19. The van der Waals surface area contributed by atoms with Crippen molar-refractivity contribution < 1.29 is 0 Å². The predicted molar refractivity (Wildman–Crippen MR) is 71.4 cm³/mol. The van der Waals surface area contributed by atoms with Crippen LogP contribution in [-0.4, -0.2) is 19.0 Å². The van der Waals surface area contributed by atoms with E-state index in [-0.39, 0.29) is 0 Å². The fourth-order valence-electron chi connectivity index (χ4n) is 2.06. The lowest BCUT2D eigenvalue weighted by atomic mass is 10.00. The van der Waals surface area contributed by atoms with Crippen molar-refractivity contribution >= 4 is 16.8 Å². The molecule has 0 aliphatic heterocycles. The van der Waals surface area contributed by atoms with Crippen molar-refractivity contribution in [1.82, 2.24) is 4.90 Å². The summed E-state index contributed by atoms with van der Waals surface area (Å²) in [5.41, 5.74) is 2.57. The van der Waals surface area contributed by atoms with Gasteiger partial charge in [-0.05, 0) is 36.0 Å². The maximum absolute atomic E-state index is 3.86. The third-order valence-electron chi connectivity index (χ3n) is 2.75. The molecule has 1 nitrogen and oxygen atoms in total. The van der Waals surface area contributed by atoms with Gasteiger partial charge < -0.3 is 4.90 Å². The smallest absolute Gasteiger partial charge is 0.0233 e. The van der Waals surface area contributed by atoms with Crippen molar-refractivity contribution in [3.63, 3.8) is 0 Å². The van der Waals surface area contributed by atoms with E-state index in [0.29, 0.717) is 0 Å². The third kappa shape index (κ3) is 2.00. The Balaban J connectivity index is 2.64. The van der Waals surface area contributed by atoms with Crippen LogP contribution in [0.3, 0.4) is 0 Å². The Morgan fingerprint density at radius 2 is 1.75 bits per heavy atom. The number of nitrogens with zero attached hydrogens (tertiary/aromatic N) is 1. The van der Waals surface area contributed by atoms with Crippen molar-refractivity contribution in [3.8, 4) is 0 Å². The third-order valence-corrected chi connectivity index (χ3v) is 2.75. The van der Waals surface area contributed by atoms with Crippen LogP contribution in [0, 0.1) is 0 Å². The molecule has 0 unspecified atom stereocenters. The van der Waals surface area contributed by atoms with E-state index in [4.69, 9.17) is 0 Å². The number of hydrogen-bond donors (Lipinski definition) is 0. The fourth-order valence-corrected chi connectivity index (χ4v) is 2.06. The molecule has 0 fully saturated rings. The summed E-state index contributed by atoms with van der Waals surface area (Å²) in [4.78, 5) is 2.19. The van der Waals surface area contributed by atoms with Gasteiger partial charge in [0.1, 0.15) is 0 Å². The van der Waals surface area contributed by atoms with E-state index in [1.54, 1.807) is 0 Å². The highest BCUT2D eigenvalue weighted by Crippen LogP contribution is 2.23. The first kappa shape index (κ1) is 10.9. The molecule has 2 rings (SSSR count). The lowest BCUT2D eigenvalue weighted by Crippen LogP contribution is -2.10. The number of fused-ring (bicyclic) bond motifs is 1. The van der Waals surface area contributed by atoms with Gasteiger partial charge in [-0.25, -0.2) is 0 Å². The molecule has 0 saturated carbocycles. The Labute approximate surface area is 97.0 Å². The van der Waals surface area contributed by atoms with E-state index in [0.717, 1.165) is 6.54 Å². The lowest BCUT2D eigenvalue weighted by molar-refractivity contribution is 0.404. The minimum absolute atomic E-state index is 0.970. The molecule has 82 valence electrons. The minimum atomic E-state index is 0.970. The van der Waals surface area contributed by atoms with Gasteiger partial charge in [-0.1, -0.05) is 49.1 Å². The van der Waals surface area contributed by atoms with E-state index < -0.39 is 0 Å². The summed E-state index contributed by atoms with van der Waals surface area (Å²) in [6.07, 6.45) is 1.92. The molecule has 0 atom stereocenters. The van der Waals surface area contributed by atoms with Crippen LogP contribution in [0.2, 0.25) is 0 Å². The quantitative estimate of drug-likeness (QED) is 0.750. The Kier molecular flexibility index (Phi) is 3.07. The van der Waals surface area contributed by atoms with Crippen LogP contribution in [0.4, 0.5) is 0 Å². The molecule has 0 saturated heterocycles. The van der Waals surface area contributed by atoms with Crippen LogP contribution in [0.1, 0.15) is 11.1 Å². The van der Waals surface area contributed by atoms with Crippen LogP contribution in [0.25, 0.3) is 16.8 Å². The average Bonchev–Trinajstić information content (AvgIpc) is 2.28. The topological polar surface area (TPSA) is 3.24 Å². The van der Waals surface area contributed by atoms with Crippen LogP contribution < -0.4 is 0 Å². The molecular formula is C15H17N. The zero-order valence-corrected chi connectivity index (χ0v) is 9.90. The van der Waals surface area contributed by atoms with Crippen LogP contribution >= 0.6 is 0 Å². The first-order valence-corrected chi connectivity index (χ1v) is 5.50. The van der Waals surface area contributed by atoms with Gasteiger partial charge in [-0.3, -0.25) is 0 Å². The summed E-state index contributed by atoms with van der Waals surface area (Å²) >= 11 is 0. The van der Waals surface area contributed by atoms with Gasteiger partial charge in [0.2, 0.25) is 0 Å². The molecule has 0 aromatic heterocycles. The van der Waals surface area contributed by atoms with Gasteiger partial charge in [0, 0.05) is 6.54 Å². The largest absolute Gasteiger partial charge is 0.305 e. The molecule has 0 amide bonds. The standard InChI is InChI=1S/C15H17N/c1-4-12-7-5-10-15-13(11-16(2)3)8-6-9-14(12)15/h4-10H,1,11H2,2-3H3. The molecule has 0 N–H and O–H groups in total. The Morgan fingerprint density at radius 3 is 2.44 bits per heavy atom. The van der Waals surface area contributed by atoms with E-state index in [1.165, 1.54) is 21.9 Å². The number of rotatable bonds is 3. The van der Waals surface area contributed by atoms with Gasteiger partial charge in [0.25, 0.3) is 0 Å². The summed E-state index contributed by atoms with van der Waals surface area (Å²) < 4.78 is 0. The first-order chi connectivity index (χ1) is 7.72. The van der Waals surface area contributed by atoms with Crippen molar-refractivity contribution in [2.75, 3.05) is 14.1 Å². The van der Waals surface area contributed by atoms with E-state index >= 15 is 0 Å². The normalized spacial score (nSPS) is 10.9. The van der Waals surface area contributed by atoms with E-state index in [2.05, 4.69) is 62.0 Å². The zero-order valence-electron chi connectivity index (χ0n) is 9.90. The number of benzene rings is 2. The maximum atomic E-state index is 3.86. The Hall–Kier alpha value is -1.60. The van der Waals surface area contributed by atoms with E-state index in [9.17, 15) is 0 Å². The maximum Gasteiger partial charge on any atom is 0.0233 e. The predicted octanol–water partition coefficient (Wildman–Crippen LogP) is 3.54. The van der Waals surface area contributed by atoms with Crippen molar-refractivity contribution in [2.45, 2.75) is 6.54 Å². The van der Waals surface area contributed by atoms with Crippen molar-refractivity contribution in [3.05, 3.63) is 54.1 Å². The lowest BCUT2D eigenvalue weighted by Gasteiger charge is -2.13. The van der Waals surface area contributed by atoms with Crippen LogP contribution in [-0.2, 0) is 6.54 Å². The molecule has 16 heavy (non-hydrogen) atoms. The van der Waals surface area contributed by atoms with Crippen molar-refractivity contribution in [2.24, 2.45) is 0 Å². The fraction of sp³-hybridized carbons (Fsp3) is 0.200. The Morgan fingerprint density at radius 1 is 1.06 bits per heavy atom. The molecular weight excluding hydrogens is 194 g/mol. The second-order valence-corrected chi connectivity index (χ2v) is 4.30. The summed E-state index contributed by atoms with van der Waals surface area (Å²) in [6, 6.07) is 12.9. The first-order valence-electron chi connectivity index (χ1n) is 5.50. The summed E-state index contributed by atoms with van der Waals surface area (Å²) in [6.45, 7) is 4.83. The molecule has 1 heteroatoms. The zero-order chi connectivity index (χ0) is 11.5.